The zero-order chi connectivity index (χ0) is 25.4. The quantitative estimate of drug-likeness (QED) is 0.369. The third kappa shape index (κ3) is 4.58. The van der Waals surface area contributed by atoms with Gasteiger partial charge in [0.2, 0.25) is 0 Å². The van der Waals surface area contributed by atoms with Crippen molar-refractivity contribution in [1.29, 1.82) is 0 Å². The number of carbonyl (C=O) groups is 1. The molecule has 0 aliphatic carbocycles. The molecule has 9 heteroatoms. The topological polar surface area (TPSA) is 83.9 Å². The van der Waals surface area contributed by atoms with E-state index in [0.29, 0.717) is 46.8 Å². The van der Waals surface area contributed by atoms with Gasteiger partial charge >= 0.3 is 6.03 Å². The van der Waals surface area contributed by atoms with E-state index < -0.39 is 0 Å². The number of nitrogens with zero attached hydrogens (tertiary/aromatic N) is 5. The van der Waals surface area contributed by atoms with Gasteiger partial charge in [-0.05, 0) is 71.8 Å². The largest absolute Gasteiger partial charge is 0.334 e. The predicted molar refractivity (Wildman–Crippen MR) is 134 cm³/mol. The van der Waals surface area contributed by atoms with Crippen molar-refractivity contribution in [3.63, 3.8) is 0 Å². The minimum atomic E-state index is -0.364. The van der Waals surface area contributed by atoms with Crippen molar-refractivity contribution in [3.05, 3.63) is 108 Å². The molecule has 6 rings (SSSR count). The first kappa shape index (κ1) is 22.7. The van der Waals surface area contributed by atoms with E-state index in [0.717, 1.165) is 16.8 Å². The Balaban J connectivity index is 1.29. The molecular formula is C28H20F2N6O. The smallest absolute Gasteiger partial charge is 0.318 e. The van der Waals surface area contributed by atoms with Gasteiger partial charge in [0, 0.05) is 36.6 Å². The Bertz CT molecular complexity index is 1600. The van der Waals surface area contributed by atoms with Crippen molar-refractivity contribution >= 4 is 17.2 Å². The number of nitrogens with one attached hydrogen (secondary N) is 1. The summed E-state index contributed by atoms with van der Waals surface area (Å²) in [5, 5.41) is 2.93. The van der Waals surface area contributed by atoms with E-state index in [1.165, 1.54) is 24.3 Å². The van der Waals surface area contributed by atoms with Crippen LogP contribution in [-0.4, -0.2) is 30.9 Å². The molecule has 1 N–H and O–H groups in total. The van der Waals surface area contributed by atoms with Crippen molar-refractivity contribution in [2.24, 2.45) is 0 Å². The Morgan fingerprint density at radius 2 is 1.54 bits per heavy atom. The summed E-state index contributed by atoms with van der Waals surface area (Å²) >= 11 is 0. The lowest BCUT2D eigenvalue weighted by molar-refractivity contribution is 0.197. The lowest BCUT2D eigenvalue weighted by Crippen LogP contribution is -2.36. The Kier molecular flexibility index (Phi) is 5.72. The first-order chi connectivity index (χ1) is 18.0. The normalized spacial score (nSPS) is 12.5. The summed E-state index contributed by atoms with van der Waals surface area (Å²) in [6.07, 6.45) is 3.37. The molecule has 4 heterocycles. The molecule has 0 unspecified atom stereocenters. The summed E-state index contributed by atoms with van der Waals surface area (Å²) < 4.78 is 27.1. The number of halogens is 2. The molecule has 0 saturated carbocycles. The molecule has 0 fully saturated rings. The summed E-state index contributed by atoms with van der Waals surface area (Å²) in [5.74, 6) is -0.725. The van der Waals surface area contributed by atoms with Crippen LogP contribution in [0.1, 0.15) is 16.8 Å². The molecule has 2 amide bonds. The Labute approximate surface area is 210 Å². The van der Waals surface area contributed by atoms with Crippen LogP contribution < -0.4 is 5.32 Å². The van der Waals surface area contributed by atoms with Crippen LogP contribution in [0.2, 0.25) is 0 Å². The number of benzene rings is 2. The summed E-state index contributed by atoms with van der Waals surface area (Å²) in [7, 11) is 0. The molecule has 3 aromatic heterocycles. The summed E-state index contributed by atoms with van der Waals surface area (Å²) in [4.78, 5) is 32.7. The summed E-state index contributed by atoms with van der Waals surface area (Å²) in [6.45, 7) is 1.25. The maximum Gasteiger partial charge on any atom is 0.318 e. The molecule has 1 aliphatic rings. The van der Waals surface area contributed by atoms with Crippen LogP contribution in [0.25, 0.3) is 33.7 Å². The average Bonchev–Trinajstić information content (AvgIpc) is 3.36. The molecular weight excluding hydrogens is 474 g/mol. The molecule has 7 nitrogen and oxygen atoms in total. The molecule has 1 aliphatic heterocycles. The first-order valence-electron chi connectivity index (χ1n) is 11.7. The SMILES string of the molecule is O=C(NCc1cnc2nc(-c3ccc(F)cc3)c(-c3ccc(F)cc3)nc2c1)N1Cc2cccnc2C1. The highest BCUT2D eigenvalue weighted by Crippen LogP contribution is 2.31. The van der Waals surface area contributed by atoms with E-state index in [-0.39, 0.29) is 24.2 Å². The van der Waals surface area contributed by atoms with E-state index in [2.05, 4.69) is 15.3 Å². The van der Waals surface area contributed by atoms with Gasteiger partial charge in [0.25, 0.3) is 0 Å². The molecule has 37 heavy (non-hydrogen) atoms. The van der Waals surface area contributed by atoms with E-state index in [1.807, 2.05) is 18.2 Å². The summed E-state index contributed by atoms with van der Waals surface area (Å²) in [6, 6.07) is 17.4. The highest BCUT2D eigenvalue weighted by Gasteiger charge is 2.23. The lowest BCUT2D eigenvalue weighted by Gasteiger charge is -2.16. The number of hydrogen-bond donors (Lipinski definition) is 1. The summed E-state index contributed by atoms with van der Waals surface area (Å²) in [5.41, 5.74) is 5.99. The molecule has 0 bridgehead atoms. The Hall–Kier alpha value is -4.79. The number of rotatable bonds is 4. The van der Waals surface area contributed by atoms with Crippen molar-refractivity contribution in [2.45, 2.75) is 19.6 Å². The number of hydrogen-bond acceptors (Lipinski definition) is 5. The van der Waals surface area contributed by atoms with Gasteiger partial charge in [-0.1, -0.05) is 6.07 Å². The second-order valence-electron chi connectivity index (χ2n) is 8.74. The maximum absolute atomic E-state index is 13.6. The van der Waals surface area contributed by atoms with Crippen molar-refractivity contribution in [1.82, 2.24) is 30.2 Å². The molecule has 0 atom stereocenters. The fourth-order valence-corrected chi connectivity index (χ4v) is 4.34. The Morgan fingerprint density at radius 1 is 0.865 bits per heavy atom. The molecule has 0 spiro atoms. The number of amides is 2. The van der Waals surface area contributed by atoms with Crippen molar-refractivity contribution < 1.29 is 13.6 Å². The standard InChI is InChI=1S/C28H20F2N6O/c29-21-7-3-18(4-8-21)25-26(19-5-9-22(30)10-6-19)35-27-23(34-25)12-17(13-32-27)14-33-28(37)36-15-20-2-1-11-31-24(20)16-36/h1-13H,14-16H2,(H,33,37). The third-order valence-corrected chi connectivity index (χ3v) is 6.23. The minimum absolute atomic E-state index is 0.192. The molecule has 0 saturated heterocycles. The fraction of sp³-hybridized carbons (Fsp3) is 0.107. The van der Waals surface area contributed by atoms with Gasteiger partial charge in [-0.2, -0.15) is 0 Å². The zero-order valence-corrected chi connectivity index (χ0v) is 19.5. The average molecular weight is 495 g/mol. The van der Waals surface area contributed by atoms with E-state index >= 15 is 0 Å². The van der Waals surface area contributed by atoms with E-state index in [9.17, 15) is 13.6 Å². The van der Waals surface area contributed by atoms with E-state index in [4.69, 9.17) is 9.97 Å². The number of aromatic nitrogens is 4. The second-order valence-corrected chi connectivity index (χ2v) is 8.74. The molecule has 5 aromatic rings. The van der Waals surface area contributed by atoms with Gasteiger partial charge in [0.05, 0.1) is 23.6 Å². The van der Waals surface area contributed by atoms with E-state index in [1.54, 1.807) is 41.6 Å². The highest BCUT2D eigenvalue weighted by molar-refractivity contribution is 5.84. The van der Waals surface area contributed by atoms with Crippen LogP contribution in [-0.2, 0) is 19.6 Å². The van der Waals surface area contributed by atoms with Gasteiger partial charge in [0.1, 0.15) is 17.2 Å². The molecule has 2 aromatic carbocycles. The number of pyridine rings is 2. The van der Waals surface area contributed by atoms with Gasteiger partial charge in [-0.15, -0.1) is 0 Å². The number of fused-ring (bicyclic) bond motifs is 2. The molecule has 182 valence electrons. The Morgan fingerprint density at radius 3 is 2.22 bits per heavy atom. The zero-order valence-electron chi connectivity index (χ0n) is 19.5. The molecule has 0 radical (unpaired) electrons. The van der Waals surface area contributed by atoms with Crippen molar-refractivity contribution in [3.8, 4) is 22.5 Å². The predicted octanol–water partition coefficient (Wildman–Crippen LogP) is 5.26. The van der Waals surface area contributed by atoms with Crippen LogP contribution in [0, 0.1) is 11.6 Å². The second kappa shape index (κ2) is 9.34. The van der Waals surface area contributed by atoms with Crippen LogP contribution >= 0.6 is 0 Å². The number of urea groups is 1. The fourth-order valence-electron chi connectivity index (χ4n) is 4.34. The van der Waals surface area contributed by atoms with Crippen LogP contribution in [0.4, 0.5) is 13.6 Å². The van der Waals surface area contributed by atoms with Crippen LogP contribution in [0.15, 0.2) is 79.1 Å². The van der Waals surface area contributed by atoms with Crippen molar-refractivity contribution in [2.75, 3.05) is 0 Å². The third-order valence-electron chi connectivity index (χ3n) is 6.23. The highest BCUT2D eigenvalue weighted by atomic mass is 19.1. The van der Waals surface area contributed by atoms with Gasteiger partial charge in [-0.25, -0.2) is 28.5 Å². The maximum atomic E-state index is 13.6. The number of carbonyl (C=O) groups excluding carboxylic acids is 1. The monoisotopic (exact) mass is 494 g/mol. The van der Waals surface area contributed by atoms with Crippen LogP contribution in [0.3, 0.4) is 0 Å². The van der Waals surface area contributed by atoms with Crippen LogP contribution in [0.5, 0.6) is 0 Å². The lowest BCUT2D eigenvalue weighted by atomic mass is 10.0. The van der Waals surface area contributed by atoms with Gasteiger partial charge in [0.15, 0.2) is 5.65 Å². The van der Waals surface area contributed by atoms with Gasteiger partial charge in [-0.3, -0.25) is 4.98 Å². The van der Waals surface area contributed by atoms with Gasteiger partial charge < -0.3 is 10.2 Å². The first-order valence-corrected chi connectivity index (χ1v) is 11.7. The minimum Gasteiger partial charge on any atom is -0.334 e.